The average molecular weight is 1470 g/mol. The van der Waals surface area contributed by atoms with Crippen LogP contribution in [-0.4, -0.2) is 153 Å². The van der Waals surface area contributed by atoms with E-state index in [1.807, 2.05) is 0 Å². The summed E-state index contributed by atoms with van der Waals surface area (Å²) in [5.41, 5.74) is -3.66. The first-order chi connectivity index (χ1) is 49.4. The third-order valence-corrected chi connectivity index (χ3v) is 12.8. The Bertz CT molecular complexity index is 3370. The Morgan fingerprint density at radius 2 is 0.390 bits per heavy atom. The van der Waals surface area contributed by atoms with Gasteiger partial charge in [-0.05, 0) is 105 Å². The molecule has 33 nitrogen and oxygen atoms in total. The van der Waals surface area contributed by atoms with E-state index in [0.29, 0.717) is 0 Å². The van der Waals surface area contributed by atoms with Crippen molar-refractivity contribution in [2.24, 2.45) is 5.41 Å². The molecule has 0 heterocycles. The van der Waals surface area contributed by atoms with E-state index in [0.717, 1.165) is 36.4 Å². The van der Waals surface area contributed by atoms with Gasteiger partial charge in [-0.25, -0.2) is 57.5 Å². The van der Waals surface area contributed by atoms with Crippen LogP contribution in [-0.2, 0) is 100.0 Å². The van der Waals surface area contributed by atoms with Gasteiger partial charge in [-0.2, -0.15) is 0 Å². The second-order valence-corrected chi connectivity index (χ2v) is 22.3. The maximum atomic E-state index is 14.7. The molecular formula is C72H80O33. The minimum absolute atomic E-state index is 0.0314. The Hall–Kier alpha value is -12.8. The third-order valence-electron chi connectivity index (χ3n) is 12.8. The molecule has 0 aliphatic rings. The molecule has 0 amide bonds. The second-order valence-electron chi connectivity index (χ2n) is 22.3. The van der Waals surface area contributed by atoms with Crippen molar-refractivity contribution in [3.8, 4) is 51.7 Å². The standard InChI is InChI=1S/C72H80O33/c1-20-72(27-85-69(82)48-21-51(88-30-97-60(73)39(2)3)57(94-36-103-66(79)45(14)15)52(22-48)89-31-98-61(74)40(4)5,28-86-70(83)49-23-53(90-32-99-62(75)41(6)7)58(95-37-104-67(80)46(16)17)54(24-49)91-33-100-63(76)42(8)9)29-87-71(84)50-25-55(92-34-101-64(77)43(10)11)59(96-38-105-68(81)47(18)19)56(26-50)93-35-102-65(78)44(12)13/h21-26H,2,4,6,8,10,12,14,16,18,20,27-38H2,1,3,5,7,9,11,13,15,17,19H3. The van der Waals surface area contributed by atoms with Crippen LogP contribution < -0.4 is 42.6 Å². The summed E-state index contributed by atoms with van der Waals surface area (Å²) in [4.78, 5) is 156. The Kier molecular flexibility index (Phi) is 34.9. The van der Waals surface area contributed by atoms with Gasteiger partial charge in [0.05, 0.1) is 22.1 Å². The van der Waals surface area contributed by atoms with Crippen molar-refractivity contribution in [1.29, 1.82) is 0 Å². The van der Waals surface area contributed by atoms with Crippen LogP contribution in [0.3, 0.4) is 0 Å². The van der Waals surface area contributed by atoms with Crippen molar-refractivity contribution in [3.63, 3.8) is 0 Å². The Morgan fingerprint density at radius 3 is 0.524 bits per heavy atom. The second kappa shape index (κ2) is 42.4. The normalized spacial score (nSPS) is 10.3. The lowest BCUT2D eigenvalue weighted by molar-refractivity contribution is -0.148. The summed E-state index contributed by atoms with van der Waals surface area (Å²) in [6, 6.07) is 6.00. The van der Waals surface area contributed by atoms with E-state index < -0.39 is 226 Å². The van der Waals surface area contributed by atoms with Gasteiger partial charge < -0.3 is 99.5 Å². The number of ether oxygens (including phenoxy) is 21. The molecule has 0 unspecified atom stereocenters. The van der Waals surface area contributed by atoms with E-state index in [-0.39, 0.29) is 56.6 Å². The van der Waals surface area contributed by atoms with Gasteiger partial charge in [0, 0.05) is 50.2 Å². The van der Waals surface area contributed by atoms with Crippen LogP contribution in [0.25, 0.3) is 0 Å². The lowest BCUT2D eigenvalue weighted by Gasteiger charge is -2.31. The van der Waals surface area contributed by atoms with Gasteiger partial charge in [0.15, 0.2) is 34.5 Å². The molecule has 0 saturated heterocycles. The first-order valence-corrected chi connectivity index (χ1v) is 30.6. The van der Waals surface area contributed by atoms with Crippen molar-refractivity contribution >= 4 is 71.6 Å². The van der Waals surface area contributed by atoms with Gasteiger partial charge in [0.25, 0.3) is 0 Å². The predicted octanol–water partition coefficient (Wildman–Crippen LogP) is 9.05. The molecule has 566 valence electrons. The van der Waals surface area contributed by atoms with Crippen LogP contribution in [0.4, 0.5) is 0 Å². The van der Waals surface area contributed by atoms with E-state index in [9.17, 15) is 57.5 Å². The number of rotatable bonds is 46. The Balaban J connectivity index is 2.40. The zero-order valence-corrected chi connectivity index (χ0v) is 59.5. The molecule has 105 heavy (non-hydrogen) atoms. The maximum absolute atomic E-state index is 14.7. The molecular weight excluding hydrogens is 1390 g/mol. The molecule has 33 heteroatoms. The molecule has 3 aromatic rings. The SMILES string of the molecule is C=C(C)C(=O)OCOc1cc(C(=O)OCC(CC)(COC(=O)c2cc(OCOC(=O)C(=C)C)c(OCOC(=O)C(=C)C)c(OCOC(=O)C(=C)C)c2)COC(=O)c2cc(OCOC(=O)C(=C)C)c(OCOC(=O)C(=C)C)c(OCOC(=O)C(=C)C)c2)cc(OCOC(=O)C(=C)C)c1OCOC(=O)C(=C)C. The van der Waals surface area contributed by atoms with Gasteiger partial charge in [0.1, 0.15) is 19.8 Å². The summed E-state index contributed by atoms with van der Waals surface area (Å²) >= 11 is 0. The molecule has 3 rings (SSSR count). The van der Waals surface area contributed by atoms with Gasteiger partial charge in [0.2, 0.25) is 78.4 Å². The summed E-state index contributed by atoms with van der Waals surface area (Å²) in [5, 5.41) is 0. The minimum atomic E-state index is -1.88. The van der Waals surface area contributed by atoms with Crippen LogP contribution in [0.15, 0.2) is 146 Å². The van der Waals surface area contributed by atoms with Crippen LogP contribution in [0.5, 0.6) is 51.7 Å². The fourth-order valence-electron chi connectivity index (χ4n) is 6.90. The number of carbonyl (C=O) groups excluding carboxylic acids is 12. The molecule has 0 saturated carbocycles. The van der Waals surface area contributed by atoms with Crippen LogP contribution >= 0.6 is 0 Å². The van der Waals surface area contributed by atoms with Gasteiger partial charge in [-0.15, -0.1) is 0 Å². The van der Waals surface area contributed by atoms with Gasteiger partial charge in [-0.3, -0.25) is 0 Å². The van der Waals surface area contributed by atoms with E-state index in [2.05, 4.69) is 59.2 Å². The van der Waals surface area contributed by atoms with E-state index in [1.165, 1.54) is 69.2 Å². The predicted molar refractivity (Wildman–Crippen MR) is 361 cm³/mol. The number of carbonyl (C=O) groups is 12. The highest BCUT2D eigenvalue weighted by Gasteiger charge is 2.37. The quantitative estimate of drug-likeness (QED) is 0.0220. The monoisotopic (exact) mass is 1470 g/mol. The zero-order valence-electron chi connectivity index (χ0n) is 59.5. The lowest BCUT2D eigenvalue weighted by atomic mass is 9.88. The lowest BCUT2D eigenvalue weighted by Crippen LogP contribution is -2.39. The molecule has 0 N–H and O–H groups in total. The molecule has 0 radical (unpaired) electrons. The van der Waals surface area contributed by atoms with Crippen molar-refractivity contribution < 1.29 is 157 Å². The zero-order chi connectivity index (χ0) is 78.8. The molecule has 0 fully saturated rings. The summed E-state index contributed by atoms with van der Waals surface area (Å²) < 4.78 is 115. The average Bonchev–Trinajstić information content (AvgIpc) is 0.822. The minimum Gasteiger partial charge on any atom is -0.461 e. The smallest absolute Gasteiger partial charge is 0.338 e. The summed E-state index contributed by atoms with van der Waals surface area (Å²) in [6.45, 7) is 34.7. The Morgan fingerprint density at radius 1 is 0.248 bits per heavy atom. The molecule has 0 spiro atoms. The van der Waals surface area contributed by atoms with Crippen LogP contribution in [0, 0.1) is 5.41 Å². The van der Waals surface area contributed by atoms with E-state index >= 15 is 0 Å². The van der Waals surface area contributed by atoms with Crippen molar-refractivity contribution in [2.45, 2.75) is 75.7 Å². The summed E-state index contributed by atoms with van der Waals surface area (Å²) in [5.74, 6) is -16.1. The largest absolute Gasteiger partial charge is 0.461 e. The van der Waals surface area contributed by atoms with Crippen LogP contribution in [0.2, 0.25) is 0 Å². The van der Waals surface area contributed by atoms with Gasteiger partial charge >= 0.3 is 71.6 Å². The third kappa shape index (κ3) is 29.0. The van der Waals surface area contributed by atoms with E-state index in [4.69, 9.17) is 99.5 Å². The van der Waals surface area contributed by atoms with E-state index in [1.54, 1.807) is 0 Å². The fraction of sp³-hybridized carbons (Fsp3) is 0.333. The highest BCUT2D eigenvalue weighted by molar-refractivity contribution is 5.94. The highest BCUT2D eigenvalue weighted by Crippen LogP contribution is 2.43. The molecule has 0 aliphatic carbocycles. The first-order valence-electron chi connectivity index (χ1n) is 30.6. The van der Waals surface area contributed by atoms with Crippen LogP contribution in [0.1, 0.15) is 107 Å². The van der Waals surface area contributed by atoms with Crippen molar-refractivity contribution in [1.82, 2.24) is 0 Å². The number of esters is 12. The maximum Gasteiger partial charge on any atom is 0.338 e. The number of benzene rings is 3. The highest BCUT2D eigenvalue weighted by atomic mass is 16.7. The molecule has 0 atom stereocenters. The number of hydrogen-bond acceptors (Lipinski definition) is 33. The summed E-state index contributed by atoms with van der Waals surface area (Å²) in [6.07, 6.45) is -0.247. The first kappa shape index (κ1) is 86.4. The fourth-order valence-corrected chi connectivity index (χ4v) is 6.90. The number of hydrogen-bond donors (Lipinski definition) is 0. The Labute approximate surface area is 602 Å². The van der Waals surface area contributed by atoms with Crippen molar-refractivity contribution in [2.75, 3.05) is 81.0 Å². The molecule has 0 aliphatic heterocycles. The topological polar surface area (TPSA) is 399 Å². The molecule has 3 aromatic carbocycles. The van der Waals surface area contributed by atoms with Crippen molar-refractivity contribution in [3.05, 3.63) is 162 Å². The van der Waals surface area contributed by atoms with Gasteiger partial charge in [-0.1, -0.05) is 66.1 Å². The molecule has 0 bridgehead atoms. The molecule has 0 aromatic heterocycles. The summed E-state index contributed by atoms with van der Waals surface area (Å²) in [7, 11) is 0.